The van der Waals surface area contributed by atoms with E-state index in [0.717, 1.165) is 5.01 Å². The SMILES string of the molecule is COc1cc(C(=O)Cc2nccs2)ncn1. The van der Waals surface area contributed by atoms with Crippen molar-refractivity contribution in [1.29, 1.82) is 0 Å². The van der Waals surface area contributed by atoms with E-state index >= 15 is 0 Å². The highest BCUT2D eigenvalue weighted by molar-refractivity contribution is 7.09. The quantitative estimate of drug-likeness (QED) is 0.749. The zero-order valence-electron chi connectivity index (χ0n) is 8.58. The van der Waals surface area contributed by atoms with E-state index in [-0.39, 0.29) is 12.2 Å². The molecule has 0 unspecified atom stereocenters. The Morgan fingerprint density at radius 2 is 2.31 bits per heavy atom. The molecule has 2 rings (SSSR count). The zero-order valence-corrected chi connectivity index (χ0v) is 9.40. The second kappa shape index (κ2) is 4.80. The Balaban J connectivity index is 2.14. The van der Waals surface area contributed by atoms with Crippen LogP contribution in [-0.4, -0.2) is 27.8 Å². The van der Waals surface area contributed by atoms with Crippen molar-refractivity contribution >= 4 is 17.1 Å². The molecule has 2 aromatic rings. The summed E-state index contributed by atoms with van der Waals surface area (Å²) in [6.45, 7) is 0. The average molecular weight is 235 g/mol. The summed E-state index contributed by atoms with van der Waals surface area (Å²) in [7, 11) is 1.50. The predicted octanol–water partition coefficient (Wildman–Crippen LogP) is 1.37. The number of methoxy groups -OCH3 is 1. The summed E-state index contributed by atoms with van der Waals surface area (Å²) in [5, 5.41) is 2.62. The molecule has 0 spiro atoms. The first-order valence-corrected chi connectivity index (χ1v) is 5.45. The van der Waals surface area contributed by atoms with Crippen LogP contribution in [0.2, 0.25) is 0 Å². The van der Waals surface area contributed by atoms with Crippen molar-refractivity contribution in [2.45, 2.75) is 6.42 Å². The van der Waals surface area contributed by atoms with Crippen LogP contribution < -0.4 is 4.74 Å². The number of carbonyl (C=O) groups excluding carboxylic acids is 1. The lowest BCUT2D eigenvalue weighted by atomic mass is 10.2. The second-order valence-corrected chi connectivity index (χ2v) is 3.95. The molecule has 0 aromatic carbocycles. The van der Waals surface area contributed by atoms with Crippen LogP contribution in [0, 0.1) is 0 Å². The van der Waals surface area contributed by atoms with Gasteiger partial charge in [0.25, 0.3) is 0 Å². The molecule has 0 saturated heterocycles. The van der Waals surface area contributed by atoms with Crippen molar-refractivity contribution in [3.05, 3.63) is 34.7 Å². The van der Waals surface area contributed by atoms with E-state index in [1.807, 2.05) is 5.38 Å². The standard InChI is InChI=1S/C10H9N3O2S/c1-15-9-4-7(12-6-13-9)8(14)5-10-11-2-3-16-10/h2-4,6H,5H2,1H3. The van der Waals surface area contributed by atoms with Gasteiger partial charge in [-0.3, -0.25) is 4.79 Å². The summed E-state index contributed by atoms with van der Waals surface area (Å²) in [5.74, 6) is 0.299. The third kappa shape index (κ3) is 2.40. The van der Waals surface area contributed by atoms with Crippen LogP contribution in [0.3, 0.4) is 0 Å². The van der Waals surface area contributed by atoms with Crippen LogP contribution in [0.4, 0.5) is 0 Å². The van der Waals surface area contributed by atoms with Gasteiger partial charge in [-0.2, -0.15) is 0 Å². The van der Waals surface area contributed by atoms with E-state index in [2.05, 4.69) is 15.0 Å². The molecular formula is C10H9N3O2S. The minimum atomic E-state index is -0.0874. The number of hydrogen-bond acceptors (Lipinski definition) is 6. The smallest absolute Gasteiger partial charge is 0.216 e. The second-order valence-electron chi connectivity index (χ2n) is 2.97. The van der Waals surface area contributed by atoms with E-state index in [0.29, 0.717) is 11.6 Å². The molecule has 0 aliphatic rings. The Morgan fingerprint density at radius 3 is 3.00 bits per heavy atom. The maximum Gasteiger partial charge on any atom is 0.216 e. The topological polar surface area (TPSA) is 65.0 Å². The molecule has 6 heteroatoms. The summed E-state index contributed by atoms with van der Waals surface area (Å²) in [4.78, 5) is 23.6. The van der Waals surface area contributed by atoms with E-state index in [9.17, 15) is 4.79 Å². The molecule has 82 valence electrons. The first kappa shape index (κ1) is 10.7. The van der Waals surface area contributed by atoms with Crippen LogP contribution in [0.25, 0.3) is 0 Å². The fourth-order valence-corrected chi connectivity index (χ4v) is 1.79. The summed E-state index contributed by atoms with van der Waals surface area (Å²) in [5.41, 5.74) is 0.349. The molecule has 0 fully saturated rings. The molecule has 16 heavy (non-hydrogen) atoms. The lowest BCUT2D eigenvalue weighted by Gasteiger charge is -2.00. The van der Waals surface area contributed by atoms with E-state index in [1.165, 1.54) is 30.8 Å². The Hall–Kier alpha value is -1.82. The molecule has 5 nitrogen and oxygen atoms in total. The van der Waals surface area contributed by atoms with E-state index in [4.69, 9.17) is 4.74 Å². The largest absolute Gasteiger partial charge is 0.481 e. The Kier molecular flexibility index (Phi) is 3.21. The number of hydrogen-bond donors (Lipinski definition) is 0. The molecule has 0 bridgehead atoms. The highest BCUT2D eigenvalue weighted by Gasteiger charge is 2.11. The van der Waals surface area contributed by atoms with Gasteiger partial charge in [0.15, 0.2) is 5.78 Å². The minimum Gasteiger partial charge on any atom is -0.481 e. The number of ether oxygens (including phenoxy) is 1. The number of aromatic nitrogens is 3. The van der Waals surface area contributed by atoms with E-state index in [1.54, 1.807) is 6.20 Å². The van der Waals surface area contributed by atoms with Crippen LogP contribution >= 0.6 is 11.3 Å². The number of Topliss-reactive ketones (excluding diaryl/α,β-unsaturated/α-hetero) is 1. The van der Waals surface area contributed by atoms with Gasteiger partial charge >= 0.3 is 0 Å². The van der Waals surface area contributed by atoms with Crippen molar-refractivity contribution in [3.8, 4) is 5.88 Å². The third-order valence-electron chi connectivity index (χ3n) is 1.93. The van der Waals surface area contributed by atoms with Crippen LogP contribution in [-0.2, 0) is 6.42 Å². The number of rotatable bonds is 4. The van der Waals surface area contributed by atoms with Gasteiger partial charge in [0.2, 0.25) is 5.88 Å². The number of thiazole rings is 1. The molecule has 2 aromatic heterocycles. The molecule has 2 heterocycles. The molecule has 0 radical (unpaired) electrons. The number of carbonyl (C=O) groups is 1. The maximum atomic E-state index is 11.8. The molecule has 0 saturated carbocycles. The molecule has 0 atom stereocenters. The average Bonchev–Trinajstić information content (AvgIpc) is 2.82. The minimum absolute atomic E-state index is 0.0874. The van der Waals surface area contributed by atoms with Crippen molar-refractivity contribution in [2.75, 3.05) is 7.11 Å². The van der Waals surface area contributed by atoms with Gasteiger partial charge in [0.1, 0.15) is 17.0 Å². The van der Waals surface area contributed by atoms with Crippen molar-refractivity contribution < 1.29 is 9.53 Å². The summed E-state index contributed by atoms with van der Waals surface area (Å²) < 4.78 is 4.92. The normalized spacial score (nSPS) is 10.1. The Morgan fingerprint density at radius 1 is 1.44 bits per heavy atom. The number of nitrogens with zero attached hydrogens (tertiary/aromatic N) is 3. The lowest BCUT2D eigenvalue weighted by molar-refractivity contribution is 0.0987. The molecule has 0 N–H and O–H groups in total. The van der Waals surface area contributed by atoms with Gasteiger partial charge in [0.05, 0.1) is 13.5 Å². The first-order chi connectivity index (χ1) is 7.79. The van der Waals surface area contributed by atoms with Gasteiger partial charge in [-0.25, -0.2) is 15.0 Å². The maximum absolute atomic E-state index is 11.8. The first-order valence-electron chi connectivity index (χ1n) is 4.57. The molecular weight excluding hydrogens is 226 g/mol. The van der Waals surface area contributed by atoms with Crippen LogP contribution in [0.15, 0.2) is 24.0 Å². The predicted molar refractivity (Wildman–Crippen MR) is 58.7 cm³/mol. The molecule has 0 amide bonds. The van der Waals surface area contributed by atoms with Gasteiger partial charge in [-0.15, -0.1) is 11.3 Å². The Labute approximate surface area is 96.2 Å². The van der Waals surface area contributed by atoms with Gasteiger partial charge in [-0.1, -0.05) is 0 Å². The van der Waals surface area contributed by atoms with E-state index < -0.39 is 0 Å². The van der Waals surface area contributed by atoms with Gasteiger partial charge in [-0.05, 0) is 0 Å². The van der Waals surface area contributed by atoms with Crippen molar-refractivity contribution in [1.82, 2.24) is 15.0 Å². The fraction of sp³-hybridized carbons (Fsp3) is 0.200. The monoisotopic (exact) mass is 235 g/mol. The zero-order chi connectivity index (χ0) is 11.4. The van der Waals surface area contributed by atoms with Crippen molar-refractivity contribution in [2.24, 2.45) is 0 Å². The number of ketones is 1. The molecule has 0 aliphatic heterocycles. The highest BCUT2D eigenvalue weighted by Crippen LogP contribution is 2.11. The van der Waals surface area contributed by atoms with Gasteiger partial charge < -0.3 is 4.74 Å². The third-order valence-corrected chi connectivity index (χ3v) is 2.71. The van der Waals surface area contributed by atoms with Crippen molar-refractivity contribution in [3.63, 3.8) is 0 Å². The lowest BCUT2D eigenvalue weighted by Crippen LogP contribution is -2.06. The Bertz CT molecular complexity index is 485. The fourth-order valence-electron chi connectivity index (χ4n) is 1.17. The summed E-state index contributed by atoms with van der Waals surface area (Å²) in [6, 6.07) is 1.52. The summed E-state index contributed by atoms with van der Waals surface area (Å²) >= 11 is 1.45. The van der Waals surface area contributed by atoms with Crippen LogP contribution in [0.1, 0.15) is 15.5 Å². The van der Waals surface area contributed by atoms with Gasteiger partial charge in [0, 0.05) is 17.6 Å². The van der Waals surface area contributed by atoms with Crippen LogP contribution in [0.5, 0.6) is 5.88 Å². The highest BCUT2D eigenvalue weighted by atomic mass is 32.1. The summed E-state index contributed by atoms with van der Waals surface area (Å²) in [6.07, 6.45) is 3.25. The molecule has 0 aliphatic carbocycles.